The molecule has 4 heteroatoms. The number of fused-ring (bicyclic) bond motifs is 2. The summed E-state index contributed by atoms with van der Waals surface area (Å²) in [5.74, 6) is -0.586. The first kappa shape index (κ1) is 12.8. The molecule has 0 aromatic heterocycles. The summed E-state index contributed by atoms with van der Waals surface area (Å²) in [5, 5.41) is -0.722. The zero-order valence-electron chi connectivity index (χ0n) is 10.6. The van der Waals surface area contributed by atoms with Gasteiger partial charge in [0.15, 0.2) is 11.6 Å². The summed E-state index contributed by atoms with van der Waals surface area (Å²) in [4.78, 5) is 36.6. The van der Waals surface area contributed by atoms with Crippen molar-refractivity contribution in [2.24, 2.45) is 0 Å². The normalized spacial score (nSPS) is 12.9. The standard InChI is InChI=1S/C16H9ClO3/c1-8-6-7-11-13(12(8)16(17)20)15(19)10-5-3-2-4-9(10)14(11)18/h2-7H,1H3. The molecule has 0 atom stereocenters. The first-order valence-electron chi connectivity index (χ1n) is 6.04. The van der Waals surface area contributed by atoms with Crippen molar-refractivity contribution in [3.63, 3.8) is 0 Å². The summed E-state index contributed by atoms with van der Waals surface area (Å²) in [6.45, 7) is 1.69. The molecule has 0 heterocycles. The van der Waals surface area contributed by atoms with Crippen molar-refractivity contribution in [3.8, 4) is 0 Å². The Bertz CT molecular complexity index is 790. The second kappa shape index (κ2) is 4.39. The van der Waals surface area contributed by atoms with Crippen molar-refractivity contribution in [1.29, 1.82) is 0 Å². The largest absolute Gasteiger partial charge is 0.289 e. The molecule has 0 N–H and O–H groups in total. The predicted molar refractivity (Wildman–Crippen MR) is 74.7 cm³/mol. The number of carbonyl (C=O) groups is 3. The zero-order chi connectivity index (χ0) is 14.4. The fourth-order valence-electron chi connectivity index (χ4n) is 2.54. The van der Waals surface area contributed by atoms with E-state index >= 15 is 0 Å². The van der Waals surface area contributed by atoms with E-state index in [2.05, 4.69) is 0 Å². The first-order valence-corrected chi connectivity index (χ1v) is 6.42. The molecule has 0 saturated heterocycles. The Balaban J connectivity index is 2.40. The number of carbonyl (C=O) groups excluding carboxylic acids is 3. The van der Waals surface area contributed by atoms with E-state index in [1.54, 1.807) is 43.3 Å². The quantitative estimate of drug-likeness (QED) is 0.645. The van der Waals surface area contributed by atoms with Crippen LogP contribution in [0.1, 0.15) is 47.8 Å². The number of benzene rings is 2. The fraction of sp³-hybridized carbons (Fsp3) is 0.0625. The van der Waals surface area contributed by atoms with E-state index in [1.807, 2.05) is 0 Å². The van der Waals surface area contributed by atoms with E-state index in [0.29, 0.717) is 16.7 Å². The number of halogens is 1. The van der Waals surface area contributed by atoms with Crippen LogP contribution in [-0.2, 0) is 0 Å². The average molecular weight is 285 g/mol. The van der Waals surface area contributed by atoms with Crippen molar-refractivity contribution in [2.75, 3.05) is 0 Å². The van der Waals surface area contributed by atoms with E-state index < -0.39 is 5.24 Å². The van der Waals surface area contributed by atoms with E-state index in [0.717, 1.165) is 0 Å². The molecular formula is C16H9ClO3. The van der Waals surface area contributed by atoms with Crippen LogP contribution >= 0.6 is 11.6 Å². The Labute approximate surface area is 120 Å². The Morgan fingerprint density at radius 2 is 1.50 bits per heavy atom. The molecule has 0 bridgehead atoms. The molecule has 3 nitrogen and oxygen atoms in total. The Morgan fingerprint density at radius 1 is 0.900 bits per heavy atom. The molecule has 2 aromatic carbocycles. The lowest BCUT2D eigenvalue weighted by molar-refractivity contribution is 0.0974. The van der Waals surface area contributed by atoms with Crippen molar-refractivity contribution in [1.82, 2.24) is 0 Å². The van der Waals surface area contributed by atoms with E-state index in [4.69, 9.17) is 11.6 Å². The van der Waals surface area contributed by atoms with Crippen LogP contribution in [0.3, 0.4) is 0 Å². The third-order valence-corrected chi connectivity index (χ3v) is 3.69. The number of hydrogen-bond acceptors (Lipinski definition) is 3. The number of aryl methyl sites for hydroxylation is 1. The van der Waals surface area contributed by atoms with Gasteiger partial charge in [-0.05, 0) is 30.2 Å². The van der Waals surface area contributed by atoms with Crippen LogP contribution in [0.25, 0.3) is 0 Å². The van der Waals surface area contributed by atoms with Crippen LogP contribution < -0.4 is 0 Å². The van der Waals surface area contributed by atoms with Crippen LogP contribution in [0, 0.1) is 6.92 Å². The van der Waals surface area contributed by atoms with Gasteiger partial charge in [0.25, 0.3) is 5.24 Å². The van der Waals surface area contributed by atoms with Crippen LogP contribution in [-0.4, -0.2) is 16.8 Å². The summed E-state index contributed by atoms with van der Waals surface area (Å²) in [7, 11) is 0. The van der Waals surface area contributed by atoms with E-state index in [1.165, 1.54) is 0 Å². The molecule has 0 saturated carbocycles. The summed E-state index contributed by atoms with van der Waals surface area (Å²) in [5.41, 5.74) is 1.75. The third-order valence-electron chi connectivity index (χ3n) is 3.50. The van der Waals surface area contributed by atoms with Crippen molar-refractivity contribution in [3.05, 3.63) is 69.8 Å². The van der Waals surface area contributed by atoms with Gasteiger partial charge in [-0.15, -0.1) is 0 Å². The van der Waals surface area contributed by atoms with Crippen molar-refractivity contribution >= 4 is 28.4 Å². The Morgan fingerprint density at radius 3 is 2.10 bits per heavy atom. The van der Waals surface area contributed by atoms with E-state index in [9.17, 15) is 14.4 Å². The summed E-state index contributed by atoms with van der Waals surface area (Å²) in [6, 6.07) is 9.80. The number of hydrogen-bond donors (Lipinski definition) is 0. The van der Waals surface area contributed by atoms with Crippen LogP contribution in [0.5, 0.6) is 0 Å². The number of rotatable bonds is 1. The maximum Gasteiger partial charge on any atom is 0.253 e. The van der Waals surface area contributed by atoms with Crippen molar-refractivity contribution < 1.29 is 14.4 Å². The minimum Gasteiger partial charge on any atom is -0.289 e. The van der Waals surface area contributed by atoms with Gasteiger partial charge in [0, 0.05) is 27.8 Å². The van der Waals surface area contributed by atoms with Gasteiger partial charge < -0.3 is 0 Å². The van der Waals surface area contributed by atoms with Gasteiger partial charge >= 0.3 is 0 Å². The predicted octanol–water partition coefficient (Wildman–Crippen LogP) is 3.15. The highest BCUT2D eigenvalue weighted by atomic mass is 35.5. The fourth-order valence-corrected chi connectivity index (χ4v) is 2.79. The van der Waals surface area contributed by atoms with Crippen LogP contribution in [0.4, 0.5) is 0 Å². The molecule has 2 aromatic rings. The van der Waals surface area contributed by atoms with Gasteiger partial charge in [-0.1, -0.05) is 30.3 Å². The summed E-state index contributed by atoms with van der Waals surface area (Å²) in [6.07, 6.45) is 0. The van der Waals surface area contributed by atoms with Gasteiger partial charge in [-0.2, -0.15) is 0 Å². The third kappa shape index (κ3) is 1.63. The smallest absolute Gasteiger partial charge is 0.253 e. The molecule has 98 valence electrons. The maximum atomic E-state index is 12.6. The first-order chi connectivity index (χ1) is 9.52. The molecule has 0 unspecified atom stereocenters. The molecule has 0 radical (unpaired) electrons. The van der Waals surface area contributed by atoms with Gasteiger partial charge in [-0.3, -0.25) is 14.4 Å². The second-order valence-electron chi connectivity index (χ2n) is 4.66. The summed E-state index contributed by atoms with van der Waals surface area (Å²) < 4.78 is 0. The lowest BCUT2D eigenvalue weighted by atomic mass is 9.81. The zero-order valence-corrected chi connectivity index (χ0v) is 11.3. The highest BCUT2D eigenvalue weighted by Gasteiger charge is 2.33. The minimum atomic E-state index is -0.722. The Hall–Kier alpha value is -2.26. The summed E-state index contributed by atoms with van der Waals surface area (Å²) >= 11 is 5.58. The average Bonchev–Trinajstić information content (AvgIpc) is 2.44. The lowest BCUT2D eigenvalue weighted by Gasteiger charge is -2.20. The van der Waals surface area contributed by atoms with Gasteiger partial charge in [-0.25, -0.2) is 0 Å². The minimum absolute atomic E-state index is 0.119. The maximum absolute atomic E-state index is 12.6. The lowest BCUT2D eigenvalue weighted by Crippen LogP contribution is -2.23. The van der Waals surface area contributed by atoms with Gasteiger partial charge in [0.05, 0.1) is 0 Å². The van der Waals surface area contributed by atoms with Crippen LogP contribution in [0.2, 0.25) is 0 Å². The second-order valence-corrected chi connectivity index (χ2v) is 5.00. The molecular weight excluding hydrogens is 276 g/mol. The van der Waals surface area contributed by atoms with E-state index in [-0.39, 0.29) is 28.3 Å². The topological polar surface area (TPSA) is 51.2 Å². The molecule has 0 amide bonds. The van der Waals surface area contributed by atoms with Gasteiger partial charge in [0.2, 0.25) is 0 Å². The highest BCUT2D eigenvalue weighted by Crippen LogP contribution is 2.31. The SMILES string of the molecule is Cc1ccc2c(c1C(=O)Cl)C(=O)c1ccccc1C2=O. The molecule has 20 heavy (non-hydrogen) atoms. The van der Waals surface area contributed by atoms with Gasteiger partial charge in [0.1, 0.15) is 0 Å². The molecule has 1 aliphatic rings. The Kier molecular flexibility index (Phi) is 2.80. The molecule has 0 aliphatic heterocycles. The molecule has 3 rings (SSSR count). The van der Waals surface area contributed by atoms with Crippen LogP contribution in [0.15, 0.2) is 36.4 Å². The highest BCUT2D eigenvalue weighted by molar-refractivity contribution is 6.68. The number of ketones is 2. The monoisotopic (exact) mass is 284 g/mol. The van der Waals surface area contributed by atoms with Crippen molar-refractivity contribution in [2.45, 2.75) is 6.92 Å². The molecule has 1 aliphatic carbocycles. The molecule has 0 fully saturated rings. The molecule has 0 spiro atoms.